The summed E-state index contributed by atoms with van der Waals surface area (Å²) in [5, 5.41) is 18.3. The Morgan fingerprint density at radius 1 is 1.36 bits per heavy atom. The molecular weight excluding hydrogens is 280 g/mol. The first-order valence-electron chi connectivity index (χ1n) is 7.60. The number of para-hydroxylation sites is 1. The summed E-state index contributed by atoms with van der Waals surface area (Å²) in [6.07, 6.45) is 2.24. The Bertz CT molecular complexity index is 699. The van der Waals surface area contributed by atoms with Crippen LogP contribution in [0, 0.1) is 5.92 Å². The van der Waals surface area contributed by atoms with Gasteiger partial charge in [0.25, 0.3) is 5.91 Å². The molecule has 0 aliphatic carbocycles. The van der Waals surface area contributed by atoms with Gasteiger partial charge >= 0.3 is 0 Å². The van der Waals surface area contributed by atoms with Crippen LogP contribution in [-0.4, -0.2) is 40.5 Å². The molecule has 1 aromatic heterocycles. The van der Waals surface area contributed by atoms with Crippen LogP contribution in [0.4, 0.5) is 5.69 Å². The Balaban J connectivity index is 1.67. The molecule has 0 bridgehead atoms. The van der Waals surface area contributed by atoms with Crippen molar-refractivity contribution in [2.45, 2.75) is 19.8 Å². The minimum atomic E-state index is -0.278. The second-order valence-corrected chi connectivity index (χ2v) is 5.92. The molecule has 22 heavy (non-hydrogen) atoms. The number of nitrogens with one attached hydrogen (secondary N) is 1. The first-order chi connectivity index (χ1) is 10.6. The number of benzene rings is 1. The van der Waals surface area contributed by atoms with Crippen molar-refractivity contribution in [1.29, 1.82) is 0 Å². The monoisotopic (exact) mass is 300 g/mol. The van der Waals surface area contributed by atoms with E-state index in [1.54, 1.807) is 0 Å². The Hall–Kier alpha value is -2.21. The number of nitrogens with zero attached hydrogens (tertiary/aromatic N) is 3. The second kappa shape index (κ2) is 6.27. The number of aromatic hydroxyl groups is 1. The van der Waals surface area contributed by atoms with Gasteiger partial charge in [0, 0.05) is 5.39 Å². The molecular formula is C16H20N4O2. The van der Waals surface area contributed by atoms with E-state index in [-0.39, 0.29) is 11.8 Å². The molecule has 2 heterocycles. The molecule has 0 atom stereocenters. The number of H-pyrrole nitrogens is 1. The number of piperidine rings is 1. The van der Waals surface area contributed by atoms with Crippen molar-refractivity contribution in [2.75, 3.05) is 19.6 Å². The molecule has 116 valence electrons. The molecule has 2 N–H and O–H groups in total. The van der Waals surface area contributed by atoms with Crippen molar-refractivity contribution >= 4 is 22.5 Å². The van der Waals surface area contributed by atoms with Crippen molar-refractivity contribution in [2.24, 2.45) is 16.1 Å². The molecule has 1 fully saturated rings. The normalized spacial score (nSPS) is 17.5. The van der Waals surface area contributed by atoms with Crippen molar-refractivity contribution in [1.82, 2.24) is 9.88 Å². The topological polar surface area (TPSA) is 81.1 Å². The van der Waals surface area contributed by atoms with E-state index in [2.05, 4.69) is 27.0 Å². The first kappa shape index (κ1) is 14.7. The summed E-state index contributed by atoms with van der Waals surface area (Å²) in [7, 11) is 0. The summed E-state index contributed by atoms with van der Waals surface area (Å²) < 4.78 is 0. The molecule has 0 saturated carbocycles. The van der Waals surface area contributed by atoms with Crippen LogP contribution in [0.3, 0.4) is 0 Å². The minimum absolute atomic E-state index is 0.0652. The molecule has 6 nitrogen and oxygen atoms in total. The van der Waals surface area contributed by atoms with E-state index in [4.69, 9.17) is 0 Å². The number of hydrogen-bond donors (Lipinski definition) is 2. The van der Waals surface area contributed by atoms with Gasteiger partial charge in [0.05, 0.1) is 12.1 Å². The lowest BCUT2D eigenvalue weighted by atomic mass is 9.99. The van der Waals surface area contributed by atoms with Crippen molar-refractivity contribution in [3.05, 3.63) is 24.3 Å². The summed E-state index contributed by atoms with van der Waals surface area (Å²) in [5.41, 5.74) is 1.09. The van der Waals surface area contributed by atoms with Crippen LogP contribution >= 0.6 is 0 Å². The first-order valence-corrected chi connectivity index (χ1v) is 7.60. The predicted octanol–water partition coefficient (Wildman–Crippen LogP) is 3.22. The van der Waals surface area contributed by atoms with E-state index >= 15 is 0 Å². The molecule has 1 aliphatic rings. The summed E-state index contributed by atoms with van der Waals surface area (Å²) >= 11 is 0. The van der Waals surface area contributed by atoms with Crippen LogP contribution in [0.1, 0.15) is 19.8 Å². The fourth-order valence-electron chi connectivity index (χ4n) is 2.76. The van der Waals surface area contributed by atoms with Crippen LogP contribution in [0.25, 0.3) is 10.9 Å². The van der Waals surface area contributed by atoms with Crippen LogP contribution in [0.15, 0.2) is 34.5 Å². The lowest BCUT2D eigenvalue weighted by molar-refractivity contribution is -0.119. The molecule has 3 rings (SSSR count). The largest absolute Gasteiger partial charge is 0.493 e. The molecule has 6 heteroatoms. The van der Waals surface area contributed by atoms with Gasteiger partial charge in [-0.25, -0.2) is 0 Å². The summed E-state index contributed by atoms with van der Waals surface area (Å²) in [6, 6.07) is 7.38. The number of azo groups is 1. The van der Waals surface area contributed by atoms with Gasteiger partial charge in [0.1, 0.15) is 0 Å². The number of rotatable bonds is 3. The van der Waals surface area contributed by atoms with E-state index < -0.39 is 0 Å². The number of aromatic amines is 1. The average molecular weight is 300 g/mol. The lowest BCUT2D eigenvalue weighted by Crippen LogP contribution is -2.36. The Labute approximate surface area is 128 Å². The molecule has 1 aromatic carbocycles. The number of amides is 1. The van der Waals surface area contributed by atoms with Crippen LogP contribution in [-0.2, 0) is 4.79 Å². The van der Waals surface area contributed by atoms with E-state index in [1.807, 2.05) is 24.3 Å². The van der Waals surface area contributed by atoms with Gasteiger partial charge in [-0.1, -0.05) is 25.1 Å². The van der Waals surface area contributed by atoms with Gasteiger partial charge in [-0.05, 0) is 37.9 Å². The quantitative estimate of drug-likeness (QED) is 0.854. The molecule has 0 unspecified atom stereocenters. The highest BCUT2D eigenvalue weighted by Gasteiger charge is 2.18. The number of hydrogen-bond acceptors (Lipinski definition) is 4. The molecule has 0 radical (unpaired) electrons. The average Bonchev–Trinajstić information content (AvgIpc) is 2.83. The third-order valence-electron chi connectivity index (χ3n) is 4.16. The van der Waals surface area contributed by atoms with Crippen LogP contribution in [0.2, 0.25) is 0 Å². The van der Waals surface area contributed by atoms with Crippen molar-refractivity contribution < 1.29 is 9.90 Å². The fourth-order valence-corrected chi connectivity index (χ4v) is 2.76. The van der Waals surface area contributed by atoms with Crippen molar-refractivity contribution in [3.63, 3.8) is 0 Å². The number of aromatic nitrogens is 1. The summed E-state index contributed by atoms with van der Waals surface area (Å²) in [4.78, 5) is 16.9. The standard InChI is InChI=1S/C16H20N4O2/c1-11-6-8-20(9-7-11)10-14(21)18-19-15-12-4-2-3-5-13(12)17-16(15)22/h2-5,11,17,22H,6-10H2,1H3. The SMILES string of the molecule is CC1CCN(CC(=O)N=Nc2c(O)[nH]c3ccccc23)CC1. The zero-order valence-corrected chi connectivity index (χ0v) is 12.6. The van der Waals surface area contributed by atoms with E-state index in [0.29, 0.717) is 12.2 Å². The van der Waals surface area contributed by atoms with E-state index in [0.717, 1.165) is 42.8 Å². The highest BCUT2D eigenvalue weighted by atomic mass is 16.3. The predicted molar refractivity (Wildman–Crippen MR) is 84.3 cm³/mol. The van der Waals surface area contributed by atoms with E-state index in [1.165, 1.54) is 0 Å². The van der Waals surface area contributed by atoms with Gasteiger partial charge < -0.3 is 10.1 Å². The van der Waals surface area contributed by atoms with Gasteiger partial charge in [-0.3, -0.25) is 9.69 Å². The summed E-state index contributed by atoms with van der Waals surface area (Å²) in [5.74, 6) is 0.389. The maximum Gasteiger partial charge on any atom is 0.278 e. The Morgan fingerprint density at radius 2 is 2.09 bits per heavy atom. The Kier molecular flexibility index (Phi) is 4.20. The molecule has 0 spiro atoms. The number of likely N-dealkylation sites (tertiary alicyclic amines) is 1. The Morgan fingerprint density at radius 3 is 2.86 bits per heavy atom. The van der Waals surface area contributed by atoms with Gasteiger partial charge in [-0.15, -0.1) is 10.2 Å². The van der Waals surface area contributed by atoms with Crippen LogP contribution < -0.4 is 0 Å². The smallest absolute Gasteiger partial charge is 0.278 e. The summed E-state index contributed by atoms with van der Waals surface area (Å²) in [6.45, 7) is 4.39. The van der Waals surface area contributed by atoms with Gasteiger partial charge in [0.15, 0.2) is 5.69 Å². The number of carbonyl (C=O) groups is 1. The highest BCUT2D eigenvalue weighted by Crippen LogP contribution is 2.35. The zero-order chi connectivity index (χ0) is 15.5. The lowest BCUT2D eigenvalue weighted by Gasteiger charge is -2.28. The maximum absolute atomic E-state index is 11.9. The van der Waals surface area contributed by atoms with E-state index in [9.17, 15) is 9.90 Å². The zero-order valence-electron chi connectivity index (χ0n) is 12.6. The molecule has 1 amide bonds. The third kappa shape index (κ3) is 3.17. The highest BCUT2D eigenvalue weighted by molar-refractivity contribution is 5.94. The number of carbonyl (C=O) groups excluding carboxylic acids is 1. The second-order valence-electron chi connectivity index (χ2n) is 5.92. The third-order valence-corrected chi connectivity index (χ3v) is 4.16. The number of fused-ring (bicyclic) bond motifs is 1. The van der Waals surface area contributed by atoms with Gasteiger partial charge in [-0.2, -0.15) is 0 Å². The van der Waals surface area contributed by atoms with Crippen molar-refractivity contribution in [3.8, 4) is 5.88 Å². The molecule has 2 aromatic rings. The minimum Gasteiger partial charge on any atom is -0.493 e. The molecule has 1 aliphatic heterocycles. The fraction of sp³-hybridized carbons (Fsp3) is 0.438. The van der Waals surface area contributed by atoms with Gasteiger partial charge in [0.2, 0.25) is 5.88 Å². The van der Waals surface area contributed by atoms with Crippen LogP contribution in [0.5, 0.6) is 5.88 Å². The maximum atomic E-state index is 11.9. The molecule has 1 saturated heterocycles.